The molecule has 0 aliphatic heterocycles. The number of benzene rings is 1. The summed E-state index contributed by atoms with van der Waals surface area (Å²) in [4.78, 5) is 13.0. The van der Waals surface area contributed by atoms with Crippen molar-refractivity contribution in [3.8, 4) is 0 Å². The molecule has 1 unspecified atom stereocenters. The first-order chi connectivity index (χ1) is 15.9. The fraction of sp³-hybridized carbons (Fsp3) is 0.700. The summed E-state index contributed by atoms with van der Waals surface area (Å²) in [7, 11) is -1.86. The molecule has 2 aliphatic rings. The minimum atomic E-state index is -1.86. The minimum Gasteiger partial charge on any atom is -0.458 e. The van der Waals surface area contributed by atoms with Crippen LogP contribution >= 0.6 is 0 Å². The maximum Gasteiger partial charge on any atom is 0.338 e. The Morgan fingerprint density at radius 3 is 2.32 bits per heavy atom. The lowest BCUT2D eigenvalue weighted by atomic mass is 9.53. The Balaban J connectivity index is 1.89. The van der Waals surface area contributed by atoms with Gasteiger partial charge in [0.15, 0.2) is 8.32 Å². The average molecular weight is 485 g/mol. The van der Waals surface area contributed by atoms with Crippen LogP contribution < -0.4 is 0 Å². The van der Waals surface area contributed by atoms with E-state index in [1.807, 2.05) is 30.3 Å². The number of carbonyl (C=O) groups excluding carboxylic acids is 1. The Bertz CT molecular complexity index is 854. The molecule has 2 aliphatic carbocycles. The highest BCUT2D eigenvalue weighted by atomic mass is 28.4. The van der Waals surface area contributed by atoms with Crippen LogP contribution in [0.4, 0.5) is 0 Å². The van der Waals surface area contributed by atoms with Crippen LogP contribution in [0.1, 0.15) is 78.1 Å². The summed E-state index contributed by atoms with van der Waals surface area (Å²) < 4.78 is 13.1. The zero-order valence-corrected chi connectivity index (χ0v) is 24.1. The van der Waals surface area contributed by atoms with Gasteiger partial charge in [0, 0.05) is 6.61 Å². The van der Waals surface area contributed by atoms with E-state index in [-0.39, 0.29) is 17.1 Å². The first-order valence-corrected chi connectivity index (χ1v) is 16.3. The van der Waals surface area contributed by atoms with Crippen LogP contribution in [-0.2, 0) is 9.16 Å². The van der Waals surface area contributed by atoms with Crippen LogP contribution in [0, 0.1) is 35.5 Å². The molecule has 4 heteroatoms. The lowest BCUT2D eigenvalue weighted by Crippen LogP contribution is -2.53. The van der Waals surface area contributed by atoms with Gasteiger partial charge < -0.3 is 9.16 Å². The van der Waals surface area contributed by atoms with Gasteiger partial charge >= 0.3 is 5.97 Å². The third-order valence-corrected chi connectivity index (χ3v) is 13.9. The standard InChI is InChI=1S/C30H48O3Si/c1-10-20(2)27-22(4)18-24-26(33-29(31)23-14-12-11-13-15-23)17-16-21(3)28(24)25(27)19-32-34(8,9)30(5,6)7/h10-15,21-22,24-28H,16-19H2,1-9H3/b20-10-/t21-,22-,24-,25+,26-,27?,28+/m0/s1. The summed E-state index contributed by atoms with van der Waals surface area (Å²) in [6.07, 6.45) is 5.51. The van der Waals surface area contributed by atoms with Gasteiger partial charge in [-0.25, -0.2) is 4.79 Å². The summed E-state index contributed by atoms with van der Waals surface area (Å²) in [5.74, 6) is 2.91. The molecule has 2 fully saturated rings. The van der Waals surface area contributed by atoms with E-state index in [4.69, 9.17) is 9.16 Å². The Kier molecular flexibility index (Phi) is 8.56. The molecule has 7 atom stereocenters. The van der Waals surface area contributed by atoms with E-state index in [0.29, 0.717) is 41.1 Å². The normalized spacial score (nSPS) is 32.7. The van der Waals surface area contributed by atoms with Gasteiger partial charge in [-0.3, -0.25) is 0 Å². The summed E-state index contributed by atoms with van der Waals surface area (Å²) in [6, 6.07) is 9.47. The molecule has 190 valence electrons. The smallest absolute Gasteiger partial charge is 0.338 e. The Labute approximate surface area is 209 Å². The zero-order valence-electron chi connectivity index (χ0n) is 23.1. The fourth-order valence-corrected chi connectivity index (χ4v) is 7.47. The van der Waals surface area contributed by atoms with Crippen LogP contribution in [0.2, 0.25) is 18.1 Å². The number of carbonyl (C=O) groups is 1. The molecule has 0 bridgehead atoms. The number of hydrogen-bond donors (Lipinski definition) is 0. The molecule has 0 heterocycles. The number of allylic oxidation sites excluding steroid dienone is 2. The molecule has 0 aromatic heterocycles. The summed E-state index contributed by atoms with van der Waals surface area (Å²) >= 11 is 0. The molecule has 0 radical (unpaired) electrons. The Hall–Kier alpha value is -1.39. The summed E-state index contributed by atoms with van der Waals surface area (Å²) in [5, 5.41) is 0.198. The van der Waals surface area contributed by atoms with Gasteiger partial charge in [0.05, 0.1) is 5.56 Å². The largest absolute Gasteiger partial charge is 0.458 e. The molecule has 1 aromatic carbocycles. The summed E-state index contributed by atoms with van der Waals surface area (Å²) in [6.45, 7) is 21.8. The van der Waals surface area contributed by atoms with E-state index in [1.165, 1.54) is 5.57 Å². The van der Waals surface area contributed by atoms with E-state index in [2.05, 4.69) is 67.6 Å². The van der Waals surface area contributed by atoms with Crippen molar-refractivity contribution in [2.75, 3.05) is 6.61 Å². The van der Waals surface area contributed by atoms with Crippen molar-refractivity contribution in [3.63, 3.8) is 0 Å². The van der Waals surface area contributed by atoms with E-state index >= 15 is 0 Å². The van der Waals surface area contributed by atoms with Crippen molar-refractivity contribution < 1.29 is 14.0 Å². The first kappa shape index (κ1) is 27.2. The molecular formula is C30H48O3Si. The quantitative estimate of drug-likeness (QED) is 0.232. The molecule has 0 saturated heterocycles. The zero-order chi connectivity index (χ0) is 25.3. The second-order valence-electron chi connectivity index (χ2n) is 12.6. The van der Waals surface area contributed by atoms with E-state index in [1.54, 1.807) is 0 Å². The predicted octanol–water partition coefficient (Wildman–Crippen LogP) is 8.13. The second-order valence-corrected chi connectivity index (χ2v) is 17.4. The SMILES string of the molecule is C/C=C(/C)C1[C@@H](CO[Si](C)(C)C(C)(C)C)[C@H]2[C@@H](C[C@@H]1C)[C@@H](OC(=O)c1ccccc1)CC[C@@H]2C. The van der Waals surface area contributed by atoms with Crippen molar-refractivity contribution in [2.24, 2.45) is 35.5 Å². The molecule has 2 saturated carbocycles. The molecular weight excluding hydrogens is 436 g/mol. The van der Waals surface area contributed by atoms with Crippen molar-refractivity contribution >= 4 is 14.3 Å². The van der Waals surface area contributed by atoms with Crippen molar-refractivity contribution in [1.82, 2.24) is 0 Å². The van der Waals surface area contributed by atoms with Gasteiger partial charge in [-0.15, -0.1) is 0 Å². The molecule has 0 spiro atoms. The molecule has 3 rings (SSSR count). The lowest BCUT2D eigenvalue weighted by molar-refractivity contribution is -0.0921. The second kappa shape index (κ2) is 10.7. The van der Waals surface area contributed by atoms with Crippen LogP contribution in [0.15, 0.2) is 42.0 Å². The highest BCUT2D eigenvalue weighted by Gasteiger charge is 2.51. The van der Waals surface area contributed by atoms with E-state index in [0.717, 1.165) is 25.9 Å². The van der Waals surface area contributed by atoms with Gasteiger partial charge in [0.1, 0.15) is 6.10 Å². The van der Waals surface area contributed by atoms with Crippen molar-refractivity contribution in [2.45, 2.75) is 92.0 Å². The third kappa shape index (κ3) is 5.70. The monoisotopic (exact) mass is 484 g/mol. The highest BCUT2D eigenvalue weighted by molar-refractivity contribution is 6.74. The number of fused-ring (bicyclic) bond motifs is 1. The maximum atomic E-state index is 13.0. The summed E-state index contributed by atoms with van der Waals surface area (Å²) in [5.41, 5.74) is 2.15. The topological polar surface area (TPSA) is 35.5 Å². The number of hydrogen-bond acceptors (Lipinski definition) is 3. The predicted molar refractivity (Wildman–Crippen MR) is 144 cm³/mol. The van der Waals surface area contributed by atoms with Crippen LogP contribution in [0.3, 0.4) is 0 Å². The third-order valence-electron chi connectivity index (χ3n) is 9.44. The van der Waals surface area contributed by atoms with Gasteiger partial charge in [-0.05, 0) is 98.9 Å². The average Bonchev–Trinajstić information content (AvgIpc) is 2.78. The molecule has 0 N–H and O–H groups in total. The van der Waals surface area contributed by atoms with Gasteiger partial charge in [-0.2, -0.15) is 0 Å². The number of ether oxygens (including phenoxy) is 1. The minimum absolute atomic E-state index is 0.00131. The Morgan fingerprint density at radius 1 is 1.09 bits per heavy atom. The van der Waals surface area contributed by atoms with Gasteiger partial charge in [-0.1, -0.05) is 64.5 Å². The fourth-order valence-electron chi connectivity index (χ4n) is 6.43. The highest BCUT2D eigenvalue weighted by Crippen LogP contribution is 2.54. The van der Waals surface area contributed by atoms with Crippen molar-refractivity contribution in [3.05, 3.63) is 47.5 Å². The first-order valence-electron chi connectivity index (χ1n) is 13.4. The van der Waals surface area contributed by atoms with Gasteiger partial charge in [0.2, 0.25) is 0 Å². The van der Waals surface area contributed by atoms with Crippen LogP contribution in [0.25, 0.3) is 0 Å². The molecule has 34 heavy (non-hydrogen) atoms. The lowest BCUT2D eigenvalue weighted by Gasteiger charge is -2.54. The number of rotatable bonds is 6. The van der Waals surface area contributed by atoms with Crippen LogP contribution in [-0.4, -0.2) is 27.0 Å². The Morgan fingerprint density at radius 2 is 1.74 bits per heavy atom. The van der Waals surface area contributed by atoms with E-state index in [9.17, 15) is 4.79 Å². The maximum absolute atomic E-state index is 13.0. The van der Waals surface area contributed by atoms with E-state index < -0.39 is 8.32 Å². The number of esters is 1. The molecule has 1 aromatic rings. The molecule has 0 amide bonds. The van der Waals surface area contributed by atoms with Crippen molar-refractivity contribution in [1.29, 1.82) is 0 Å². The van der Waals surface area contributed by atoms with Crippen LogP contribution in [0.5, 0.6) is 0 Å². The van der Waals surface area contributed by atoms with Gasteiger partial charge in [0.25, 0.3) is 0 Å². The molecule has 3 nitrogen and oxygen atoms in total.